The molecule has 8 nitrogen and oxygen atoms in total. The fourth-order valence-electron chi connectivity index (χ4n) is 3.78. The summed E-state index contributed by atoms with van der Waals surface area (Å²) < 4.78 is 64.6. The maximum atomic E-state index is 15.6. The van der Waals surface area contributed by atoms with Gasteiger partial charge in [0.1, 0.15) is 17.7 Å². The van der Waals surface area contributed by atoms with Gasteiger partial charge in [0.2, 0.25) is 5.95 Å². The number of ether oxygens (including phenoxy) is 1. The van der Waals surface area contributed by atoms with Gasteiger partial charge in [-0.15, -0.1) is 5.10 Å². The summed E-state index contributed by atoms with van der Waals surface area (Å²) in [5.74, 6) is -6.44. The second-order valence-corrected chi connectivity index (χ2v) is 8.02. The minimum atomic E-state index is -3.82. The number of nitrogens with one attached hydrogen (secondary N) is 1. The summed E-state index contributed by atoms with van der Waals surface area (Å²) in [6.45, 7) is 0.161. The lowest BCUT2D eigenvalue weighted by molar-refractivity contribution is -0.106. The summed E-state index contributed by atoms with van der Waals surface area (Å²) in [4.78, 5) is 16.9. The Morgan fingerprint density at radius 2 is 1.86 bits per heavy atom. The molecule has 12 heteroatoms. The third-order valence-corrected chi connectivity index (χ3v) is 5.62. The van der Waals surface area contributed by atoms with Crippen molar-refractivity contribution in [2.75, 3.05) is 19.4 Å². The number of aryl methyl sites for hydroxylation is 1. The van der Waals surface area contributed by atoms with E-state index in [1.165, 1.54) is 42.9 Å². The fourth-order valence-corrected chi connectivity index (χ4v) is 3.78. The Balaban J connectivity index is 1.63. The normalized spacial score (nSPS) is 12.5. The van der Waals surface area contributed by atoms with Crippen LogP contribution in [0.1, 0.15) is 27.6 Å². The Hall–Kier alpha value is -4.19. The van der Waals surface area contributed by atoms with Crippen molar-refractivity contribution in [1.29, 1.82) is 0 Å². The molecule has 2 aromatic carbocycles. The number of carbonyl (C=O) groups excluding carboxylic acids is 1. The van der Waals surface area contributed by atoms with E-state index in [-0.39, 0.29) is 39.6 Å². The molecule has 0 radical (unpaired) electrons. The zero-order chi connectivity index (χ0) is 26.2. The van der Waals surface area contributed by atoms with E-state index in [0.29, 0.717) is 0 Å². The van der Waals surface area contributed by atoms with Crippen LogP contribution in [0.4, 0.5) is 23.5 Å². The minimum Gasteiger partial charge on any atom is -0.492 e. The summed E-state index contributed by atoms with van der Waals surface area (Å²) in [5.41, 5.74) is 5.55. The highest BCUT2D eigenvalue weighted by atomic mass is 19.3. The van der Waals surface area contributed by atoms with Crippen LogP contribution in [0.25, 0.3) is 16.8 Å². The molecule has 0 unspecified atom stereocenters. The maximum absolute atomic E-state index is 15.6. The summed E-state index contributed by atoms with van der Waals surface area (Å²) in [5, 5.41) is 16.0. The largest absolute Gasteiger partial charge is 0.492 e. The summed E-state index contributed by atoms with van der Waals surface area (Å²) >= 11 is 0. The number of benzene rings is 2. The molecular formula is C24H21F4N5O3. The number of carbonyl (C=O) groups is 1. The third-order valence-electron chi connectivity index (χ3n) is 5.62. The van der Waals surface area contributed by atoms with E-state index in [4.69, 9.17) is 10.5 Å². The van der Waals surface area contributed by atoms with Crippen molar-refractivity contribution in [3.05, 3.63) is 77.0 Å². The number of pyridine rings is 1. The molecule has 0 aliphatic rings. The maximum Gasteiger partial charge on any atom is 0.294 e. The van der Waals surface area contributed by atoms with E-state index in [1.807, 2.05) is 5.32 Å². The molecule has 2 heterocycles. The van der Waals surface area contributed by atoms with Crippen LogP contribution in [0.5, 0.6) is 5.75 Å². The van der Waals surface area contributed by atoms with Gasteiger partial charge in [0.15, 0.2) is 11.4 Å². The predicted molar refractivity (Wildman–Crippen MR) is 123 cm³/mol. The van der Waals surface area contributed by atoms with Crippen LogP contribution in [0, 0.1) is 18.6 Å². The lowest BCUT2D eigenvalue weighted by Crippen LogP contribution is -2.41. The number of hydrogen-bond acceptors (Lipinski definition) is 6. The molecule has 0 aliphatic heterocycles. The number of methoxy groups -OCH3 is 1. The Kier molecular flexibility index (Phi) is 6.55. The van der Waals surface area contributed by atoms with E-state index in [1.54, 1.807) is 0 Å². The first-order chi connectivity index (χ1) is 17.0. The zero-order valence-corrected chi connectivity index (χ0v) is 19.1. The van der Waals surface area contributed by atoms with E-state index < -0.39 is 41.7 Å². The van der Waals surface area contributed by atoms with Crippen molar-refractivity contribution in [2.45, 2.75) is 19.0 Å². The average molecular weight is 503 g/mol. The van der Waals surface area contributed by atoms with E-state index >= 15 is 4.39 Å². The van der Waals surface area contributed by atoms with Crippen molar-refractivity contribution >= 4 is 17.5 Å². The molecule has 2 aromatic heterocycles. The highest BCUT2D eigenvalue weighted by Gasteiger charge is 2.40. The molecule has 1 amide bonds. The SMILES string of the molecule is COc1c(-c2ccc(C)c(C(=O)NCC(F)(F)[C@@H](O)c3ccc(F)cc3)c2F)ccn2nc(N)nc12. The van der Waals surface area contributed by atoms with Gasteiger partial charge >= 0.3 is 0 Å². The number of amides is 1. The first kappa shape index (κ1) is 24.9. The van der Waals surface area contributed by atoms with Gasteiger partial charge in [0.05, 0.1) is 19.2 Å². The first-order valence-electron chi connectivity index (χ1n) is 10.6. The van der Waals surface area contributed by atoms with Crippen LogP contribution in [0.2, 0.25) is 0 Å². The van der Waals surface area contributed by atoms with Gasteiger partial charge in [-0.2, -0.15) is 4.98 Å². The van der Waals surface area contributed by atoms with Crippen molar-refractivity contribution < 1.29 is 32.2 Å². The number of aromatic nitrogens is 3. The second kappa shape index (κ2) is 9.46. The van der Waals surface area contributed by atoms with Crippen LogP contribution < -0.4 is 15.8 Å². The minimum absolute atomic E-state index is 0.0290. The predicted octanol–water partition coefficient (Wildman–Crippen LogP) is 3.67. The lowest BCUT2D eigenvalue weighted by atomic mass is 9.97. The summed E-state index contributed by atoms with van der Waals surface area (Å²) in [6, 6.07) is 8.24. The topological polar surface area (TPSA) is 115 Å². The van der Waals surface area contributed by atoms with Gasteiger partial charge in [-0.25, -0.2) is 22.1 Å². The number of rotatable bonds is 7. The number of nitrogen functional groups attached to an aromatic ring is 1. The number of nitrogens with two attached hydrogens (primary N) is 1. The standard InChI is InChI=1S/C24H21F4N5O3/c1-12-3-8-15(16-9-10-33-21(19(16)36-2)31-23(29)32-33)18(26)17(12)22(35)30-11-24(27,28)20(34)13-4-6-14(25)7-5-13/h3-10,20,34H,11H2,1-2H3,(H2,29,32)(H,30,35)/t20-/m0/s1. The molecular weight excluding hydrogens is 482 g/mol. The quantitative estimate of drug-likeness (QED) is 0.332. The molecule has 0 spiro atoms. The zero-order valence-electron chi connectivity index (χ0n) is 19.1. The first-order valence-corrected chi connectivity index (χ1v) is 10.6. The molecule has 4 aromatic rings. The number of aliphatic hydroxyl groups excluding tert-OH is 1. The average Bonchev–Trinajstić information content (AvgIpc) is 3.22. The van der Waals surface area contributed by atoms with Gasteiger partial charge in [-0.05, 0) is 36.2 Å². The molecule has 0 aliphatic carbocycles. The lowest BCUT2D eigenvalue weighted by Gasteiger charge is -2.23. The number of fused-ring (bicyclic) bond motifs is 1. The highest BCUT2D eigenvalue weighted by molar-refractivity contribution is 5.97. The second-order valence-electron chi connectivity index (χ2n) is 8.02. The summed E-state index contributed by atoms with van der Waals surface area (Å²) in [6.07, 6.45) is -0.838. The fraction of sp³-hybridized carbons (Fsp3) is 0.208. The number of nitrogens with zero attached hydrogens (tertiary/aromatic N) is 3. The van der Waals surface area contributed by atoms with Gasteiger partial charge < -0.3 is 20.9 Å². The molecule has 0 saturated heterocycles. The monoisotopic (exact) mass is 503 g/mol. The molecule has 4 N–H and O–H groups in total. The van der Waals surface area contributed by atoms with E-state index in [2.05, 4.69) is 10.1 Å². The van der Waals surface area contributed by atoms with Crippen LogP contribution in [0.15, 0.2) is 48.7 Å². The number of aliphatic hydroxyl groups is 1. The van der Waals surface area contributed by atoms with Crippen molar-refractivity contribution in [1.82, 2.24) is 19.9 Å². The number of anilines is 1. The van der Waals surface area contributed by atoms with E-state index in [0.717, 1.165) is 24.3 Å². The molecule has 188 valence electrons. The molecule has 4 rings (SSSR count). The van der Waals surface area contributed by atoms with Crippen LogP contribution in [-0.2, 0) is 0 Å². The molecule has 0 fully saturated rings. The van der Waals surface area contributed by atoms with Crippen LogP contribution in [-0.4, -0.2) is 45.2 Å². The Morgan fingerprint density at radius 3 is 2.53 bits per heavy atom. The van der Waals surface area contributed by atoms with Gasteiger partial charge in [0, 0.05) is 17.3 Å². The smallest absolute Gasteiger partial charge is 0.294 e. The number of alkyl halides is 2. The molecule has 36 heavy (non-hydrogen) atoms. The van der Waals surface area contributed by atoms with Gasteiger partial charge in [-0.1, -0.05) is 24.3 Å². The van der Waals surface area contributed by atoms with Gasteiger partial charge in [-0.3, -0.25) is 4.79 Å². The Morgan fingerprint density at radius 1 is 1.17 bits per heavy atom. The van der Waals surface area contributed by atoms with Crippen LogP contribution in [0.3, 0.4) is 0 Å². The van der Waals surface area contributed by atoms with Crippen molar-refractivity contribution in [2.24, 2.45) is 0 Å². The van der Waals surface area contributed by atoms with Crippen molar-refractivity contribution in [3.63, 3.8) is 0 Å². The van der Waals surface area contributed by atoms with Crippen LogP contribution >= 0.6 is 0 Å². The van der Waals surface area contributed by atoms with E-state index in [9.17, 15) is 23.1 Å². The molecule has 0 saturated carbocycles. The Labute approximate surface area is 202 Å². The summed E-state index contributed by atoms with van der Waals surface area (Å²) in [7, 11) is 1.35. The Bertz CT molecular complexity index is 1440. The molecule has 1 atom stereocenters. The van der Waals surface area contributed by atoms with Crippen molar-refractivity contribution in [3.8, 4) is 16.9 Å². The number of hydrogen-bond donors (Lipinski definition) is 3. The van der Waals surface area contributed by atoms with Gasteiger partial charge in [0.25, 0.3) is 11.8 Å². The number of halogens is 4. The third kappa shape index (κ3) is 4.54. The molecule has 0 bridgehead atoms. The highest BCUT2D eigenvalue weighted by Crippen LogP contribution is 2.36.